The van der Waals surface area contributed by atoms with Crippen LogP contribution in [0.15, 0.2) is 48.6 Å². The minimum absolute atomic E-state index is 0.129. The van der Waals surface area contributed by atoms with Crippen molar-refractivity contribution in [2.24, 2.45) is 11.8 Å². The number of aliphatic hydroxyl groups excluding tert-OH is 1. The van der Waals surface area contributed by atoms with Gasteiger partial charge in [-0.15, -0.1) is 0 Å². The Labute approximate surface area is 258 Å². The fraction of sp³-hybridized carbons (Fsp3) is 0.515. The summed E-state index contributed by atoms with van der Waals surface area (Å²) in [6.07, 6.45) is 9.67. The van der Waals surface area contributed by atoms with Crippen LogP contribution in [0.5, 0.6) is 5.75 Å². The predicted molar refractivity (Wildman–Crippen MR) is 170 cm³/mol. The van der Waals surface area contributed by atoms with E-state index in [0.29, 0.717) is 49.8 Å². The monoisotopic (exact) mass is 625 g/mol. The summed E-state index contributed by atoms with van der Waals surface area (Å²) >= 11 is 6.41. The standard InChI is InChI=1S/C33H40ClN3O5S/c1-43(41)35-31(39)33(40)20-37(43)15-4-2-3-7-29(38)26-11-8-23(26)18-36-19-32(21-42-30-13-9-24(33)17-28(30)36)14-5-6-22-16-25(34)10-12-27(22)32/h3,7,9-10,12-13,16-17,23,26,29,38,40H,1-2,4-6,8,11,14-15,18-21H2,(H,35,39,41)/b7-3+/t23-,26+,29-,32-,33+,43?/m0/s1. The van der Waals surface area contributed by atoms with E-state index in [9.17, 15) is 19.2 Å². The molecule has 2 aromatic carbocycles. The second kappa shape index (κ2) is 10.8. The van der Waals surface area contributed by atoms with E-state index >= 15 is 0 Å². The molecular weight excluding hydrogens is 586 g/mol. The van der Waals surface area contributed by atoms with Crippen molar-refractivity contribution < 1.29 is 24.0 Å². The van der Waals surface area contributed by atoms with Gasteiger partial charge in [0.05, 0.1) is 24.9 Å². The number of fused-ring (bicyclic) bond motifs is 7. The smallest absolute Gasteiger partial charge is 0.270 e. The van der Waals surface area contributed by atoms with Crippen LogP contribution in [0.4, 0.5) is 5.69 Å². The van der Waals surface area contributed by atoms with Gasteiger partial charge in [0.25, 0.3) is 5.91 Å². The Morgan fingerprint density at radius 1 is 1.14 bits per heavy atom. The lowest BCUT2D eigenvalue weighted by molar-refractivity contribution is -0.141. The van der Waals surface area contributed by atoms with E-state index in [1.54, 1.807) is 10.4 Å². The van der Waals surface area contributed by atoms with Crippen LogP contribution in [0, 0.1) is 11.8 Å². The highest BCUT2D eigenvalue weighted by Crippen LogP contribution is 2.47. The Morgan fingerprint density at radius 2 is 2.00 bits per heavy atom. The van der Waals surface area contributed by atoms with Gasteiger partial charge < -0.3 is 19.8 Å². The maximum atomic E-state index is 13.4. The van der Waals surface area contributed by atoms with Crippen LogP contribution in [0.2, 0.25) is 5.02 Å². The van der Waals surface area contributed by atoms with E-state index in [1.807, 2.05) is 30.4 Å². The van der Waals surface area contributed by atoms with E-state index in [2.05, 4.69) is 27.6 Å². The molecule has 2 aliphatic carbocycles. The molecule has 230 valence electrons. The first-order valence-electron chi connectivity index (χ1n) is 15.4. The van der Waals surface area contributed by atoms with Gasteiger partial charge in [0.2, 0.25) is 0 Å². The number of nitrogens with one attached hydrogen (secondary N) is 1. The van der Waals surface area contributed by atoms with E-state index < -0.39 is 27.5 Å². The summed E-state index contributed by atoms with van der Waals surface area (Å²) in [6.45, 7) is 2.19. The molecule has 2 aromatic rings. The van der Waals surface area contributed by atoms with Gasteiger partial charge in [-0.2, -0.15) is 0 Å². The minimum atomic E-state index is -3.08. The van der Waals surface area contributed by atoms with Crippen LogP contribution in [0.3, 0.4) is 0 Å². The number of nitrogens with zero attached hydrogens (tertiary/aromatic N) is 2. The zero-order valence-electron chi connectivity index (χ0n) is 24.3. The molecule has 3 heterocycles. The first kappa shape index (κ1) is 29.2. The highest BCUT2D eigenvalue weighted by molar-refractivity contribution is 7.96. The molecule has 10 heteroatoms. The second-order valence-electron chi connectivity index (χ2n) is 13.1. The maximum absolute atomic E-state index is 13.4. The van der Waals surface area contributed by atoms with Gasteiger partial charge in [-0.25, -0.2) is 8.51 Å². The number of aliphatic hydroxyl groups is 2. The van der Waals surface area contributed by atoms with Gasteiger partial charge in [-0.05, 0) is 104 Å². The first-order valence-corrected chi connectivity index (χ1v) is 17.5. The number of hydrogen-bond acceptors (Lipinski definition) is 6. The van der Waals surface area contributed by atoms with Gasteiger partial charge in [-0.3, -0.25) is 9.52 Å². The number of ether oxygens (including phenoxy) is 1. The highest BCUT2D eigenvalue weighted by atomic mass is 35.5. The van der Waals surface area contributed by atoms with Crippen molar-refractivity contribution in [3.63, 3.8) is 0 Å². The molecule has 5 aliphatic rings. The molecule has 1 amide bonds. The molecule has 0 radical (unpaired) electrons. The minimum Gasteiger partial charge on any atom is -0.490 e. The summed E-state index contributed by atoms with van der Waals surface area (Å²) in [6, 6.07) is 11.7. The molecule has 1 saturated carbocycles. The zero-order chi connectivity index (χ0) is 30.0. The van der Waals surface area contributed by atoms with Crippen molar-refractivity contribution in [3.8, 4) is 5.75 Å². The molecule has 43 heavy (non-hydrogen) atoms. The molecule has 2 unspecified atom stereocenters. The number of rotatable bonds is 0. The van der Waals surface area contributed by atoms with Crippen molar-refractivity contribution in [2.75, 3.05) is 37.7 Å². The molecule has 1 saturated heterocycles. The lowest BCUT2D eigenvalue weighted by atomic mass is 9.68. The van der Waals surface area contributed by atoms with Crippen molar-refractivity contribution in [2.45, 2.75) is 62.1 Å². The van der Waals surface area contributed by atoms with E-state index in [0.717, 1.165) is 49.4 Å². The molecule has 8 nitrogen and oxygen atoms in total. The lowest BCUT2D eigenvalue weighted by Gasteiger charge is -2.45. The molecular formula is C33H40ClN3O5S. The predicted octanol–water partition coefficient (Wildman–Crippen LogP) is 3.72. The van der Waals surface area contributed by atoms with Gasteiger partial charge in [0.15, 0.2) is 5.60 Å². The Hall–Kier alpha value is -2.56. The summed E-state index contributed by atoms with van der Waals surface area (Å²) in [7, 11) is -3.08. The van der Waals surface area contributed by atoms with Crippen LogP contribution in [-0.2, 0) is 32.1 Å². The van der Waals surface area contributed by atoms with E-state index in [-0.39, 0.29) is 17.9 Å². The summed E-state index contributed by atoms with van der Waals surface area (Å²) in [5, 5.41) is 23.8. The Bertz CT molecular complexity index is 1580. The largest absolute Gasteiger partial charge is 0.490 e. The van der Waals surface area contributed by atoms with Crippen molar-refractivity contribution in [3.05, 3.63) is 70.3 Å². The van der Waals surface area contributed by atoms with Crippen molar-refractivity contribution in [1.82, 2.24) is 9.03 Å². The molecule has 0 aromatic heterocycles. The Morgan fingerprint density at radius 3 is 2.81 bits per heavy atom. The molecule has 3 N–H and O–H groups in total. The fourth-order valence-electron chi connectivity index (χ4n) is 7.86. The maximum Gasteiger partial charge on any atom is 0.270 e. The average molecular weight is 626 g/mol. The fourth-order valence-corrected chi connectivity index (χ4v) is 9.47. The van der Waals surface area contributed by atoms with Crippen LogP contribution in [-0.4, -0.2) is 69.4 Å². The van der Waals surface area contributed by atoms with Crippen LogP contribution in [0.25, 0.3) is 0 Å². The number of halogens is 1. The van der Waals surface area contributed by atoms with Gasteiger partial charge in [-0.1, -0.05) is 35.9 Å². The van der Waals surface area contributed by atoms with Gasteiger partial charge >= 0.3 is 0 Å². The van der Waals surface area contributed by atoms with E-state index in [4.69, 9.17) is 16.3 Å². The molecule has 3 aliphatic heterocycles. The molecule has 2 fully saturated rings. The topological polar surface area (TPSA) is 102 Å². The van der Waals surface area contributed by atoms with E-state index in [1.165, 1.54) is 11.1 Å². The molecule has 7 atom stereocenters. The Kier molecular flexibility index (Phi) is 7.33. The normalized spacial score (nSPS) is 38.0. The van der Waals surface area contributed by atoms with Gasteiger partial charge in [0.1, 0.15) is 15.6 Å². The van der Waals surface area contributed by atoms with Crippen molar-refractivity contribution >= 4 is 39.0 Å². The molecule has 4 bridgehead atoms. The van der Waals surface area contributed by atoms with Gasteiger partial charge in [0, 0.05) is 30.1 Å². The second-order valence-corrected chi connectivity index (χ2v) is 15.6. The number of hydrogen-bond donors (Lipinski definition) is 3. The number of amides is 1. The third-order valence-corrected chi connectivity index (χ3v) is 12.3. The number of benzene rings is 2. The van der Waals surface area contributed by atoms with Crippen LogP contribution < -0.4 is 14.4 Å². The molecule has 7 rings (SSSR count). The van der Waals surface area contributed by atoms with Crippen LogP contribution in [0.1, 0.15) is 55.2 Å². The number of carbonyl (C=O) groups excluding carboxylic acids is 1. The van der Waals surface area contributed by atoms with Crippen molar-refractivity contribution in [1.29, 1.82) is 0 Å². The summed E-state index contributed by atoms with van der Waals surface area (Å²) < 4.78 is 24.0. The number of aryl methyl sites for hydroxylation is 1. The summed E-state index contributed by atoms with van der Waals surface area (Å²) in [5.74, 6) is 4.23. The lowest BCUT2D eigenvalue weighted by Crippen LogP contribution is -2.62. The Balaban J connectivity index is 1.34. The highest BCUT2D eigenvalue weighted by Gasteiger charge is 2.48. The number of allylic oxidation sites excluding steroid dienone is 1. The third-order valence-electron chi connectivity index (χ3n) is 10.4. The quantitative estimate of drug-likeness (QED) is 0.305. The van der Waals surface area contributed by atoms with Crippen LogP contribution >= 0.6 is 11.6 Å². The molecule has 1 spiro atoms. The summed E-state index contributed by atoms with van der Waals surface area (Å²) in [5.41, 5.74) is 1.62. The third kappa shape index (κ3) is 5.07. The summed E-state index contributed by atoms with van der Waals surface area (Å²) in [4.78, 5) is 15.7. The first-order chi connectivity index (χ1) is 20.6. The average Bonchev–Trinajstić information content (AvgIpc) is 3.10. The SMILES string of the molecule is C=S1(=O)NC(=O)[C@@]2(O)CN1CCC/C=C/[C@H](O)[C@@H]1CC[C@H]1CN1C[C@@]3(CCCc4cc(Cl)ccc43)COc3ccc2cc31. The zero-order valence-corrected chi connectivity index (χ0v) is 25.9. The number of anilines is 1. The number of carbonyl (C=O) groups is 1.